The first-order valence-corrected chi connectivity index (χ1v) is 11.5. The Morgan fingerprint density at radius 1 is 0.875 bits per heavy atom. The third kappa shape index (κ3) is 5.71. The van der Waals surface area contributed by atoms with Crippen LogP contribution in [0.5, 0.6) is 0 Å². The van der Waals surface area contributed by atoms with Crippen LogP contribution >= 0.6 is 0 Å². The van der Waals surface area contributed by atoms with Crippen molar-refractivity contribution in [1.82, 2.24) is 10.1 Å². The molecule has 32 heavy (non-hydrogen) atoms. The first kappa shape index (κ1) is 26.8. The van der Waals surface area contributed by atoms with Crippen molar-refractivity contribution in [2.75, 3.05) is 6.61 Å². The number of nitrogens with zero attached hydrogens (tertiary/aromatic N) is 2. The minimum Gasteiger partial charge on any atom is -0.463 e. The molecule has 2 heterocycles. The second-order valence-corrected chi connectivity index (χ2v) is 11.7. The molecule has 2 rings (SSSR count). The van der Waals surface area contributed by atoms with E-state index in [2.05, 4.69) is 0 Å². The lowest BCUT2D eigenvalue weighted by Gasteiger charge is -2.51. The van der Waals surface area contributed by atoms with Gasteiger partial charge in [0.05, 0.1) is 13.0 Å². The standard InChI is InChI=1S/C24H42N2O6/c1-10-31-20(28)18(16-12-21(2,3)25(29)22(4,5)13-16)11-19(27)32-17-14-23(6,7)26(30)24(8,9)15-17/h17,29-30H,10-15H2,1-9H3. The molecule has 2 aliphatic heterocycles. The third-order valence-electron chi connectivity index (χ3n) is 6.61. The summed E-state index contributed by atoms with van der Waals surface area (Å²) in [4.78, 5) is 25.8. The number of esters is 2. The quantitative estimate of drug-likeness (QED) is 0.470. The van der Waals surface area contributed by atoms with Crippen LogP contribution in [0.3, 0.4) is 0 Å². The van der Waals surface area contributed by atoms with E-state index in [-0.39, 0.29) is 19.1 Å². The van der Waals surface area contributed by atoms with Gasteiger partial charge in [0, 0.05) is 40.6 Å². The first-order valence-electron chi connectivity index (χ1n) is 11.5. The number of rotatable bonds is 5. The number of hydrogen-bond acceptors (Lipinski definition) is 8. The predicted molar refractivity (Wildman–Crippen MR) is 120 cm³/mol. The lowest BCUT2D eigenvalue weighted by Crippen LogP contribution is -2.60. The smallest absolute Gasteiger partial charge is 0.334 e. The zero-order chi connectivity index (χ0) is 24.7. The maximum Gasteiger partial charge on any atom is 0.334 e. The van der Waals surface area contributed by atoms with E-state index in [0.29, 0.717) is 31.3 Å². The van der Waals surface area contributed by atoms with Crippen molar-refractivity contribution in [3.8, 4) is 0 Å². The molecular formula is C24H42N2O6. The normalized spacial score (nSPS) is 25.3. The third-order valence-corrected chi connectivity index (χ3v) is 6.61. The topological polar surface area (TPSA) is 99.5 Å². The molecule has 2 saturated heterocycles. The molecular weight excluding hydrogens is 412 g/mol. The molecule has 0 bridgehead atoms. The van der Waals surface area contributed by atoms with Gasteiger partial charge >= 0.3 is 11.9 Å². The van der Waals surface area contributed by atoms with Crippen molar-refractivity contribution in [3.05, 3.63) is 11.1 Å². The molecule has 8 heteroatoms. The highest BCUT2D eigenvalue weighted by Gasteiger charge is 2.47. The minimum atomic E-state index is -0.596. The highest BCUT2D eigenvalue weighted by Crippen LogP contribution is 2.42. The van der Waals surface area contributed by atoms with E-state index >= 15 is 0 Å². The molecule has 0 aromatic carbocycles. The van der Waals surface area contributed by atoms with Gasteiger partial charge in [-0.2, -0.15) is 10.1 Å². The zero-order valence-electron chi connectivity index (χ0n) is 21.2. The maximum absolute atomic E-state index is 13.0. The van der Waals surface area contributed by atoms with Gasteiger partial charge in [0.25, 0.3) is 0 Å². The number of hydroxylamine groups is 4. The summed E-state index contributed by atoms with van der Waals surface area (Å²) in [5.74, 6) is -0.992. The number of ether oxygens (including phenoxy) is 2. The van der Waals surface area contributed by atoms with Gasteiger partial charge in [0.15, 0.2) is 0 Å². The SMILES string of the molecule is CCOC(=O)C(CC(=O)OC1CC(C)(C)N(O)C(C)(C)C1)=C1CC(C)(C)N(O)C(C)(C)C1. The zero-order valence-corrected chi connectivity index (χ0v) is 21.2. The molecule has 0 spiro atoms. The van der Waals surface area contributed by atoms with Crippen molar-refractivity contribution in [1.29, 1.82) is 0 Å². The summed E-state index contributed by atoms with van der Waals surface area (Å²) in [7, 11) is 0. The van der Waals surface area contributed by atoms with E-state index in [1.807, 2.05) is 55.4 Å². The molecule has 0 aromatic rings. The molecule has 0 unspecified atom stereocenters. The van der Waals surface area contributed by atoms with Gasteiger partial charge in [-0.15, -0.1) is 0 Å². The fourth-order valence-electron chi connectivity index (χ4n) is 5.48. The van der Waals surface area contributed by atoms with Gasteiger partial charge in [0.1, 0.15) is 6.10 Å². The Bertz CT molecular complexity index is 730. The fourth-order valence-corrected chi connectivity index (χ4v) is 5.48. The van der Waals surface area contributed by atoms with Crippen LogP contribution in [-0.4, -0.2) is 67.3 Å². The number of carbonyl (C=O) groups excluding carboxylic acids is 2. The van der Waals surface area contributed by atoms with Crippen LogP contribution in [0.4, 0.5) is 0 Å². The second kappa shape index (κ2) is 9.05. The first-order chi connectivity index (χ1) is 14.4. The Morgan fingerprint density at radius 2 is 1.31 bits per heavy atom. The molecule has 2 aliphatic rings. The van der Waals surface area contributed by atoms with Crippen LogP contribution in [-0.2, 0) is 19.1 Å². The highest BCUT2D eigenvalue weighted by molar-refractivity contribution is 5.94. The lowest BCUT2D eigenvalue weighted by molar-refractivity contribution is -0.259. The van der Waals surface area contributed by atoms with Crippen LogP contribution in [0.2, 0.25) is 0 Å². The monoisotopic (exact) mass is 454 g/mol. The second-order valence-electron chi connectivity index (χ2n) is 11.7. The van der Waals surface area contributed by atoms with Crippen molar-refractivity contribution in [3.63, 3.8) is 0 Å². The van der Waals surface area contributed by atoms with E-state index in [1.165, 1.54) is 10.1 Å². The Morgan fingerprint density at radius 3 is 1.75 bits per heavy atom. The average Bonchev–Trinajstić information content (AvgIpc) is 2.61. The Kier molecular flexibility index (Phi) is 7.57. The predicted octanol–water partition coefficient (Wildman–Crippen LogP) is 4.23. The molecule has 0 radical (unpaired) electrons. The summed E-state index contributed by atoms with van der Waals surface area (Å²) in [6, 6.07) is 0. The summed E-state index contributed by atoms with van der Waals surface area (Å²) in [6.07, 6.45) is 1.32. The summed E-state index contributed by atoms with van der Waals surface area (Å²) in [5, 5.41) is 23.8. The lowest BCUT2D eigenvalue weighted by atomic mass is 9.76. The highest BCUT2D eigenvalue weighted by atomic mass is 16.6. The molecule has 8 nitrogen and oxygen atoms in total. The summed E-state index contributed by atoms with van der Waals surface area (Å²) in [6.45, 7) is 17.2. The van der Waals surface area contributed by atoms with Crippen LogP contribution < -0.4 is 0 Å². The fraction of sp³-hybridized carbons (Fsp3) is 0.833. The number of carbonyl (C=O) groups is 2. The van der Waals surface area contributed by atoms with Crippen molar-refractivity contribution < 1.29 is 29.5 Å². The Balaban J connectivity index is 2.27. The van der Waals surface area contributed by atoms with Crippen LogP contribution in [0.15, 0.2) is 11.1 Å². The average molecular weight is 455 g/mol. The Labute approximate surface area is 192 Å². The molecule has 0 aromatic heterocycles. The Hall–Kier alpha value is -1.48. The number of piperidine rings is 2. The minimum absolute atomic E-state index is 0.175. The summed E-state index contributed by atoms with van der Waals surface area (Å²) < 4.78 is 11.1. The number of hydrogen-bond donors (Lipinski definition) is 2. The maximum atomic E-state index is 13.0. The van der Waals surface area contributed by atoms with E-state index in [9.17, 15) is 20.0 Å². The molecule has 0 saturated carbocycles. The molecule has 2 N–H and O–H groups in total. The van der Waals surface area contributed by atoms with Crippen LogP contribution in [0.25, 0.3) is 0 Å². The van der Waals surface area contributed by atoms with Gasteiger partial charge in [-0.1, -0.05) is 5.57 Å². The van der Waals surface area contributed by atoms with Crippen LogP contribution in [0.1, 0.15) is 94.4 Å². The molecule has 0 amide bonds. The van der Waals surface area contributed by atoms with Gasteiger partial charge in [0.2, 0.25) is 0 Å². The molecule has 184 valence electrons. The van der Waals surface area contributed by atoms with E-state index in [4.69, 9.17) is 9.47 Å². The van der Waals surface area contributed by atoms with Crippen molar-refractivity contribution in [2.45, 2.75) is 123 Å². The van der Waals surface area contributed by atoms with E-state index < -0.39 is 34.1 Å². The summed E-state index contributed by atoms with van der Waals surface area (Å²) >= 11 is 0. The van der Waals surface area contributed by atoms with Gasteiger partial charge in [-0.25, -0.2) is 4.79 Å². The van der Waals surface area contributed by atoms with Gasteiger partial charge in [-0.3, -0.25) is 4.79 Å². The van der Waals surface area contributed by atoms with E-state index in [1.54, 1.807) is 6.92 Å². The summed E-state index contributed by atoms with van der Waals surface area (Å²) in [5.41, 5.74) is -1.15. The van der Waals surface area contributed by atoms with Crippen molar-refractivity contribution in [2.24, 2.45) is 0 Å². The van der Waals surface area contributed by atoms with E-state index in [0.717, 1.165) is 5.57 Å². The van der Waals surface area contributed by atoms with Crippen molar-refractivity contribution >= 4 is 11.9 Å². The van der Waals surface area contributed by atoms with Gasteiger partial charge in [-0.05, 0) is 75.2 Å². The van der Waals surface area contributed by atoms with Crippen LogP contribution in [0, 0.1) is 0 Å². The van der Waals surface area contributed by atoms with Gasteiger partial charge < -0.3 is 19.9 Å². The largest absolute Gasteiger partial charge is 0.463 e. The molecule has 2 fully saturated rings. The molecule has 0 atom stereocenters. The molecule has 0 aliphatic carbocycles.